The topological polar surface area (TPSA) is 95.4 Å². The number of nitrogens with zero attached hydrogens (tertiary/aromatic N) is 4. The second kappa shape index (κ2) is 7.47. The van der Waals surface area contributed by atoms with E-state index in [1.54, 1.807) is 11.8 Å². The van der Waals surface area contributed by atoms with Gasteiger partial charge < -0.3 is 9.64 Å². The molecule has 7 nitrogen and oxygen atoms in total. The Kier molecular flexibility index (Phi) is 5.38. The number of azide groups is 1. The van der Waals surface area contributed by atoms with E-state index in [0.717, 1.165) is 11.3 Å². The van der Waals surface area contributed by atoms with Crippen LogP contribution < -0.4 is 4.90 Å². The number of para-hydroxylation sites is 1. The molecule has 1 unspecified atom stereocenters. The minimum absolute atomic E-state index is 0.0130. The van der Waals surface area contributed by atoms with Crippen molar-refractivity contribution in [2.45, 2.75) is 19.8 Å². The third-order valence-corrected chi connectivity index (χ3v) is 3.53. The summed E-state index contributed by atoms with van der Waals surface area (Å²) in [6.45, 7) is 2.89. The molecular formula is C15H18N4O3. The van der Waals surface area contributed by atoms with Crippen LogP contribution in [0.2, 0.25) is 0 Å². The molecule has 7 heteroatoms. The molecule has 0 aliphatic carbocycles. The van der Waals surface area contributed by atoms with Crippen molar-refractivity contribution in [1.29, 1.82) is 0 Å². The lowest BCUT2D eigenvalue weighted by Gasteiger charge is -2.20. The molecule has 22 heavy (non-hydrogen) atoms. The molecule has 116 valence electrons. The van der Waals surface area contributed by atoms with Gasteiger partial charge in [0.1, 0.15) is 0 Å². The molecule has 1 aromatic rings. The zero-order valence-corrected chi connectivity index (χ0v) is 12.4. The SMILES string of the molecule is CCOC(=O)Cc1ccccc1N1CC(CN=[N+]=[N-])CC1=O. The second-order valence-electron chi connectivity index (χ2n) is 5.10. The van der Waals surface area contributed by atoms with Crippen LogP contribution in [0.3, 0.4) is 0 Å². The number of esters is 1. The van der Waals surface area contributed by atoms with Crippen LogP contribution in [0.4, 0.5) is 5.69 Å². The number of anilines is 1. The van der Waals surface area contributed by atoms with Crippen LogP contribution in [0.25, 0.3) is 10.4 Å². The fourth-order valence-electron chi connectivity index (χ4n) is 2.58. The number of amides is 1. The number of hydrogen-bond donors (Lipinski definition) is 0. The zero-order valence-electron chi connectivity index (χ0n) is 12.4. The summed E-state index contributed by atoms with van der Waals surface area (Å²) in [4.78, 5) is 28.3. The van der Waals surface area contributed by atoms with E-state index >= 15 is 0 Å². The first kappa shape index (κ1) is 15.9. The number of rotatable bonds is 6. The van der Waals surface area contributed by atoms with Gasteiger partial charge in [0, 0.05) is 30.1 Å². The highest BCUT2D eigenvalue weighted by atomic mass is 16.5. The zero-order chi connectivity index (χ0) is 15.9. The van der Waals surface area contributed by atoms with Crippen LogP contribution in [-0.2, 0) is 20.7 Å². The summed E-state index contributed by atoms with van der Waals surface area (Å²) >= 11 is 0. The summed E-state index contributed by atoms with van der Waals surface area (Å²) in [6.07, 6.45) is 0.488. The Balaban J connectivity index is 2.16. The lowest BCUT2D eigenvalue weighted by molar-refractivity contribution is -0.142. The molecule has 1 aliphatic rings. The molecule has 1 atom stereocenters. The van der Waals surface area contributed by atoms with Gasteiger partial charge in [0.25, 0.3) is 0 Å². The maximum atomic E-state index is 12.2. The molecule has 0 bridgehead atoms. The number of carbonyl (C=O) groups is 2. The van der Waals surface area contributed by atoms with Gasteiger partial charge >= 0.3 is 5.97 Å². The van der Waals surface area contributed by atoms with E-state index < -0.39 is 0 Å². The molecule has 1 heterocycles. The van der Waals surface area contributed by atoms with Gasteiger partial charge in [-0.2, -0.15) is 0 Å². The van der Waals surface area contributed by atoms with Crippen molar-refractivity contribution in [3.8, 4) is 0 Å². The third kappa shape index (κ3) is 3.77. The van der Waals surface area contributed by atoms with E-state index in [9.17, 15) is 9.59 Å². The van der Waals surface area contributed by atoms with Crippen molar-refractivity contribution >= 4 is 17.6 Å². The van der Waals surface area contributed by atoms with E-state index in [1.807, 2.05) is 24.3 Å². The average molecular weight is 302 g/mol. The minimum atomic E-state index is -0.313. The first-order valence-electron chi connectivity index (χ1n) is 7.20. The monoisotopic (exact) mass is 302 g/mol. The minimum Gasteiger partial charge on any atom is -0.466 e. The maximum Gasteiger partial charge on any atom is 0.310 e. The molecular weight excluding hydrogens is 284 g/mol. The van der Waals surface area contributed by atoms with Crippen LogP contribution in [0.5, 0.6) is 0 Å². The summed E-state index contributed by atoms with van der Waals surface area (Å²) in [5.74, 6) is -0.319. The number of benzene rings is 1. The van der Waals surface area contributed by atoms with Gasteiger partial charge in [-0.15, -0.1) is 0 Å². The summed E-state index contributed by atoms with van der Waals surface area (Å²) in [5, 5.41) is 3.54. The molecule has 0 spiro atoms. The molecule has 1 fully saturated rings. The fraction of sp³-hybridized carbons (Fsp3) is 0.467. The molecule has 0 aromatic heterocycles. The Hall–Kier alpha value is -2.53. The van der Waals surface area contributed by atoms with Gasteiger partial charge in [-0.25, -0.2) is 0 Å². The summed E-state index contributed by atoms with van der Waals surface area (Å²) < 4.78 is 4.97. The fourth-order valence-corrected chi connectivity index (χ4v) is 2.58. The molecule has 1 aromatic carbocycles. The van der Waals surface area contributed by atoms with Crippen LogP contribution in [-0.4, -0.2) is 31.6 Å². The van der Waals surface area contributed by atoms with Crippen molar-refractivity contribution in [2.24, 2.45) is 11.0 Å². The molecule has 1 aliphatic heterocycles. The van der Waals surface area contributed by atoms with Gasteiger partial charge in [0.15, 0.2) is 0 Å². The maximum absolute atomic E-state index is 12.2. The molecule has 0 saturated carbocycles. The van der Waals surface area contributed by atoms with E-state index in [1.165, 1.54) is 0 Å². The van der Waals surface area contributed by atoms with E-state index in [-0.39, 0.29) is 24.2 Å². The van der Waals surface area contributed by atoms with Crippen molar-refractivity contribution in [1.82, 2.24) is 0 Å². The van der Waals surface area contributed by atoms with Crippen molar-refractivity contribution in [3.63, 3.8) is 0 Å². The largest absolute Gasteiger partial charge is 0.466 e. The molecule has 0 radical (unpaired) electrons. The predicted molar refractivity (Wildman–Crippen MR) is 81.3 cm³/mol. The number of hydrogen-bond acceptors (Lipinski definition) is 4. The summed E-state index contributed by atoms with van der Waals surface area (Å²) in [6, 6.07) is 7.30. The van der Waals surface area contributed by atoms with Gasteiger partial charge in [0.05, 0.1) is 13.0 Å². The highest BCUT2D eigenvalue weighted by Gasteiger charge is 2.31. The third-order valence-electron chi connectivity index (χ3n) is 3.53. The Morgan fingerprint density at radius 1 is 1.50 bits per heavy atom. The van der Waals surface area contributed by atoms with Crippen LogP contribution in [0.1, 0.15) is 18.9 Å². The Bertz CT molecular complexity index is 611. The lowest BCUT2D eigenvalue weighted by Crippen LogP contribution is -2.26. The predicted octanol–water partition coefficient (Wildman–Crippen LogP) is 2.46. The molecule has 2 rings (SSSR count). The van der Waals surface area contributed by atoms with Gasteiger partial charge in [-0.05, 0) is 30.0 Å². The molecule has 0 N–H and O–H groups in total. The molecule has 1 amide bonds. The Labute approximate surface area is 128 Å². The first-order valence-corrected chi connectivity index (χ1v) is 7.20. The smallest absolute Gasteiger partial charge is 0.310 e. The highest BCUT2D eigenvalue weighted by Crippen LogP contribution is 2.28. The highest BCUT2D eigenvalue weighted by molar-refractivity contribution is 5.97. The van der Waals surface area contributed by atoms with Crippen LogP contribution >= 0.6 is 0 Å². The van der Waals surface area contributed by atoms with E-state index in [4.69, 9.17) is 10.3 Å². The number of carbonyl (C=O) groups excluding carboxylic acids is 2. The number of ether oxygens (including phenoxy) is 1. The van der Waals surface area contributed by atoms with Crippen LogP contribution in [0.15, 0.2) is 29.4 Å². The van der Waals surface area contributed by atoms with Crippen molar-refractivity contribution in [3.05, 3.63) is 40.3 Å². The second-order valence-corrected chi connectivity index (χ2v) is 5.10. The van der Waals surface area contributed by atoms with Gasteiger partial charge in [0.2, 0.25) is 5.91 Å². The summed E-state index contributed by atoms with van der Waals surface area (Å²) in [7, 11) is 0. The van der Waals surface area contributed by atoms with E-state index in [0.29, 0.717) is 26.1 Å². The van der Waals surface area contributed by atoms with Gasteiger partial charge in [-0.1, -0.05) is 23.3 Å². The lowest BCUT2D eigenvalue weighted by atomic mass is 10.1. The van der Waals surface area contributed by atoms with E-state index in [2.05, 4.69) is 10.0 Å². The quantitative estimate of drug-likeness (QED) is 0.349. The van der Waals surface area contributed by atoms with Crippen molar-refractivity contribution in [2.75, 3.05) is 24.6 Å². The summed E-state index contributed by atoms with van der Waals surface area (Å²) in [5.41, 5.74) is 9.87. The first-order chi connectivity index (χ1) is 10.7. The standard InChI is InChI=1S/C15H18N4O3/c1-2-22-15(21)8-12-5-3-4-6-13(12)19-10-11(7-14(19)20)9-17-18-16/h3-6,11H,2,7-10H2,1H3. The normalized spacial score (nSPS) is 17.2. The van der Waals surface area contributed by atoms with Gasteiger partial charge in [-0.3, -0.25) is 9.59 Å². The average Bonchev–Trinajstić information content (AvgIpc) is 2.87. The Morgan fingerprint density at radius 2 is 2.27 bits per heavy atom. The Morgan fingerprint density at radius 3 is 3.00 bits per heavy atom. The van der Waals surface area contributed by atoms with Crippen molar-refractivity contribution < 1.29 is 14.3 Å². The molecule has 1 saturated heterocycles. The van der Waals surface area contributed by atoms with Crippen LogP contribution in [0, 0.1) is 5.92 Å².